The molecule has 1 aromatic carbocycles. The van der Waals surface area contributed by atoms with Gasteiger partial charge in [-0.15, -0.1) is 0 Å². The van der Waals surface area contributed by atoms with Crippen LogP contribution in [0.4, 0.5) is 4.79 Å². The minimum atomic E-state index is -0.318. The van der Waals surface area contributed by atoms with Crippen LogP contribution in [0.25, 0.3) is 10.9 Å². The second-order valence-electron chi connectivity index (χ2n) is 3.40. The van der Waals surface area contributed by atoms with Crippen LogP contribution in [0.3, 0.4) is 0 Å². The minimum Gasteiger partial charge on any atom is -0.449 e. The van der Waals surface area contributed by atoms with Crippen molar-refractivity contribution in [1.82, 2.24) is 4.57 Å². The highest BCUT2D eigenvalue weighted by atomic mass is 16.5. The van der Waals surface area contributed by atoms with Crippen molar-refractivity contribution in [2.24, 2.45) is 0 Å². The standard InChI is InChI=1S/C12H13NO2/c1-3-15-12(14)13-8-7-10-6-4-5-9(2)11(10)13/h4-8H,3H2,1-2H3. The highest BCUT2D eigenvalue weighted by Gasteiger charge is 2.10. The van der Waals surface area contributed by atoms with E-state index in [9.17, 15) is 4.79 Å². The number of carbonyl (C=O) groups is 1. The Hall–Kier alpha value is -1.77. The van der Waals surface area contributed by atoms with E-state index in [-0.39, 0.29) is 6.09 Å². The van der Waals surface area contributed by atoms with Gasteiger partial charge in [0.05, 0.1) is 12.1 Å². The zero-order valence-corrected chi connectivity index (χ0v) is 8.86. The van der Waals surface area contributed by atoms with Crippen LogP contribution in [-0.4, -0.2) is 17.3 Å². The molecule has 3 heteroatoms. The number of hydrogen-bond donors (Lipinski definition) is 0. The third-order valence-electron chi connectivity index (χ3n) is 2.38. The van der Waals surface area contributed by atoms with Crippen LogP contribution >= 0.6 is 0 Å². The first-order chi connectivity index (χ1) is 7.24. The molecule has 15 heavy (non-hydrogen) atoms. The predicted octanol–water partition coefficient (Wildman–Crippen LogP) is 2.95. The van der Waals surface area contributed by atoms with E-state index < -0.39 is 0 Å². The number of aryl methyl sites for hydroxylation is 1. The molecule has 0 aliphatic carbocycles. The summed E-state index contributed by atoms with van der Waals surface area (Å²) in [5, 5.41) is 1.06. The van der Waals surface area contributed by atoms with Gasteiger partial charge in [0.15, 0.2) is 0 Å². The SMILES string of the molecule is CCOC(=O)n1ccc2cccc(C)c21. The van der Waals surface area contributed by atoms with E-state index in [2.05, 4.69) is 0 Å². The average molecular weight is 203 g/mol. The van der Waals surface area contributed by atoms with Crippen molar-refractivity contribution >= 4 is 17.0 Å². The molecule has 0 aliphatic heterocycles. The molecule has 0 spiro atoms. The van der Waals surface area contributed by atoms with E-state index in [0.717, 1.165) is 16.5 Å². The number of aromatic nitrogens is 1. The Labute approximate surface area is 88.3 Å². The third-order valence-corrected chi connectivity index (χ3v) is 2.38. The highest BCUT2D eigenvalue weighted by molar-refractivity contribution is 5.91. The molecule has 0 saturated carbocycles. The van der Waals surface area contributed by atoms with Gasteiger partial charge in [-0.2, -0.15) is 0 Å². The summed E-state index contributed by atoms with van der Waals surface area (Å²) in [6, 6.07) is 7.86. The fraction of sp³-hybridized carbons (Fsp3) is 0.250. The number of nitrogens with zero attached hydrogens (tertiary/aromatic N) is 1. The molecule has 0 aliphatic rings. The number of carbonyl (C=O) groups excluding carboxylic acids is 1. The molecular formula is C12H13NO2. The molecule has 2 rings (SSSR count). The Kier molecular flexibility index (Phi) is 2.46. The number of fused-ring (bicyclic) bond motifs is 1. The summed E-state index contributed by atoms with van der Waals surface area (Å²) in [4.78, 5) is 11.6. The van der Waals surface area contributed by atoms with Crippen molar-refractivity contribution in [3.05, 3.63) is 36.0 Å². The van der Waals surface area contributed by atoms with Crippen LogP contribution in [0.1, 0.15) is 12.5 Å². The monoisotopic (exact) mass is 203 g/mol. The molecule has 0 fully saturated rings. The number of hydrogen-bond acceptors (Lipinski definition) is 2. The molecule has 0 saturated heterocycles. The zero-order chi connectivity index (χ0) is 10.8. The third kappa shape index (κ3) is 1.61. The molecule has 0 unspecified atom stereocenters. The van der Waals surface area contributed by atoms with Crippen LogP contribution in [0.2, 0.25) is 0 Å². The van der Waals surface area contributed by atoms with Gasteiger partial charge in [0.25, 0.3) is 0 Å². The van der Waals surface area contributed by atoms with Crippen molar-refractivity contribution in [1.29, 1.82) is 0 Å². The Morgan fingerprint density at radius 1 is 1.40 bits per heavy atom. The maximum atomic E-state index is 11.6. The highest BCUT2D eigenvalue weighted by Crippen LogP contribution is 2.19. The molecule has 2 aromatic rings. The predicted molar refractivity (Wildman–Crippen MR) is 59.1 cm³/mol. The van der Waals surface area contributed by atoms with Gasteiger partial charge in [-0.25, -0.2) is 4.79 Å². The van der Waals surface area contributed by atoms with Crippen LogP contribution in [0.5, 0.6) is 0 Å². The number of para-hydroxylation sites is 1. The van der Waals surface area contributed by atoms with Crippen LogP contribution < -0.4 is 0 Å². The van der Waals surface area contributed by atoms with Gasteiger partial charge in [-0.1, -0.05) is 18.2 Å². The lowest BCUT2D eigenvalue weighted by Crippen LogP contribution is -2.12. The largest absolute Gasteiger partial charge is 0.449 e. The molecule has 78 valence electrons. The zero-order valence-electron chi connectivity index (χ0n) is 8.86. The van der Waals surface area contributed by atoms with E-state index in [1.54, 1.807) is 17.7 Å². The molecule has 0 bridgehead atoms. The summed E-state index contributed by atoms with van der Waals surface area (Å²) < 4.78 is 6.52. The number of ether oxygens (including phenoxy) is 1. The van der Waals surface area contributed by atoms with E-state index in [1.165, 1.54) is 0 Å². The van der Waals surface area contributed by atoms with Crippen molar-refractivity contribution in [2.75, 3.05) is 6.61 Å². The van der Waals surface area contributed by atoms with Gasteiger partial charge in [0.1, 0.15) is 0 Å². The minimum absolute atomic E-state index is 0.318. The Bertz CT molecular complexity index is 499. The van der Waals surface area contributed by atoms with Gasteiger partial charge in [-0.05, 0) is 25.5 Å². The average Bonchev–Trinajstić information content (AvgIpc) is 2.63. The second-order valence-corrected chi connectivity index (χ2v) is 3.40. The Morgan fingerprint density at radius 3 is 2.93 bits per heavy atom. The topological polar surface area (TPSA) is 31.2 Å². The van der Waals surface area contributed by atoms with Crippen LogP contribution in [0, 0.1) is 6.92 Å². The van der Waals surface area contributed by atoms with Crippen LogP contribution in [0.15, 0.2) is 30.5 Å². The fourth-order valence-corrected chi connectivity index (χ4v) is 1.72. The summed E-state index contributed by atoms with van der Waals surface area (Å²) in [5.41, 5.74) is 2.00. The Morgan fingerprint density at radius 2 is 2.20 bits per heavy atom. The second kappa shape index (κ2) is 3.77. The van der Waals surface area contributed by atoms with E-state index in [0.29, 0.717) is 6.61 Å². The molecule has 0 atom stereocenters. The Balaban J connectivity index is 2.57. The fourth-order valence-electron chi connectivity index (χ4n) is 1.72. The molecular weight excluding hydrogens is 190 g/mol. The lowest BCUT2D eigenvalue weighted by molar-refractivity contribution is 0.155. The molecule has 0 amide bonds. The van der Waals surface area contributed by atoms with Crippen molar-refractivity contribution in [3.8, 4) is 0 Å². The lowest BCUT2D eigenvalue weighted by Gasteiger charge is -2.05. The molecule has 3 nitrogen and oxygen atoms in total. The van der Waals surface area contributed by atoms with E-state index in [1.807, 2.05) is 31.2 Å². The van der Waals surface area contributed by atoms with Crippen molar-refractivity contribution in [3.63, 3.8) is 0 Å². The maximum absolute atomic E-state index is 11.6. The van der Waals surface area contributed by atoms with E-state index in [4.69, 9.17) is 4.74 Å². The molecule has 1 aromatic heterocycles. The normalized spacial score (nSPS) is 10.5. The van der Waals surface area contributed by atoms with Gasteiger partial charge >= 0.3 is 6.09 Å². The summed E-state index contributed by atoms with van der Waals surface area (Å²) >= 11 is 0. The summed E-state index contributed by atoms with van der Waals surface area (Å²) in [7, 11) is 0. The smallest absolute Gasteiger partial charge is 0.418 e. The summed E-state index contributed by atoms with van der Waals surface area (Å²) in [6.07, 6.45) is 1.43. The number of benzene rings is 1. The van der Waals surface area contributed by atoms with Crippen molar-refractivity contribution < 1.29 is 9.53 Å². The van der Waals surface area contributed by atoms with Crippen LogP contribution in [-0.2, 0) is 4.74 Å². The summed E-state index contributed by atoms with van der Waals surface area (Å²) in [5.74, 6) is 0. The van der Waals surface area contributed by atoms with Gasteiger partial charge in [0, 0.05) is 11.6 Å². The molecule has 0 radical (unpaired) electrons. The maximum Gasteiger partial charge on any atom is 0.418 e. The molecule has 0 N–H and O–H groups in total. The van der Waals surface area contributed by atoms with E-state index >= 15 is 0 Å². The van der Waals surface area contributed by atoms with Gasteiger partial charge in [-0.3, -0.25) is 4.57 Å². The first kappa shape index (κ1) is 9.77. The van der Waals surface area contributed by atoms with Gasteiger partial charge < -0.3 is 4.74 Å². The lowest BCUT2D eigenvalue weighted by atomic mass is 10.2. The van der Waals surface area contributed by atoms with Crippen molar-refractivity contribution in [2.45, 2.75) is 13.8 Å². The quantitative estimate of drug-likeness (QED) is 0.713. The number of rotatable bonds is 1. The van der Waals surface area contributed by atoms with Gasteiger partial charge in [0.2, 0.25) is 0 Å². The first-order valence-corrected chi connectivity index (χ1v) is 4.98. The summed E-state index contributed by atoms with van der Waals surface area (Å²) in [6.45, 7) is 4.18. The first-order valence-electron chi connectivity index (χ1n) is 4.98. The molecule has 1 heterocycles.